The van der Waals surface area contributed by atoms with E-state index in [2.05, 4.69) is 84.0 Å². The van der Waals surface area contributed by atoms with Crippen LogP contribution in [0.1, 0.15) is 39.6 Å². The average Bonchev–Trinajstić information content (AvgIpc) is 2.91. The molecular weight excluding hydrogens is 444 g/mol. The van der Waals surface area contributed by atoms with Crippen molar-refractivity contribution < 1.29 is 9.47 Å². The first-order valence-corrected chi connectivity index (χ1v) is 12.4. The Morgan fingerprint density at radius 1 is 0.944 bits per heavy atom. The lowest BCUT2D eigenvalue weighted by atomic mass is 9.92. The maximum atomic E-state index is 6.15. The fourth-order valence-electron chi connectivity index (χ4n) is 4.66. The molecule has 0 radical (unpaired) electrons. The summed E-state index contributed by atoms with van der Waals surface area (Å²) in [5.74, 6) is 1.56. The van der Waals surface area contributed by atoms with Crippen molar-refractivity contribution in [3.63, 3.8) is 0 Å². The number of fused-ring (bicyclic) bond motifs is 1. The molecule has 0 fully saturated rings. The smallest absolute Gasteiger partial charge is 0.161 e. The van der Waals surface area contributed by atoms with Gasteiger partial charge in [0.25, 0.3) is 0 Å². The van der Waals surface area contributed by atoms with E-state index in [-0.39, 0.29) is 6.04 Å². The molecular formula is C32H32N2O2. The lowest BCUT2D eigenvalue weighted by Gasteiger charge is -2.26. The van der Waals surface area contributed by atoms with Crippen LogP contribution < -0.4 is 14.8 Å². The van der Waals surface area contributed by atoms with Crippen LogP contribution in [-0.2, 0) is 13.0 Å². The zero-order valence-electron chi connectivity index (χ0n) is 21.1. The number of rotatable bonds is 7. The molecule has 36 heavy (non-hydrogen) atoms. The molecule has 0 saturated carbocycles. The van der Waals surface area contributed by atoms with Gasteiger partial charge in [-0.3, -0.25) is 4.98 Å². The van der Waals surface area contributed by atoms with Gasteiger partial charge in [0.2, 0.25) is 0 Å². The lowest BCUT2D eigenvalue weighted by Crippen LogP contribution is -2.28. The lowest BCUT2D eigenvalue weighted by molar-refractivity contribution is 0.283. The Kier molecular flexibility index (Phi) is 7.15. The number of benzene rings is 3. The van der Waals surface area contributed by atoms with Crippen LogP contribution in [0.15, 0.2) is 85.1 Å². The number of aryl methyl sites for hydroxylation is 2. The molecule has 4 aromatic rings. The minimum Gasteiger partial charge on any atom is -0.493 e. The zero-order valence-corrected chi connectivity index (χ0v) is 21.1. The fourth-order valence-corrected chi connectivity index (χ4v) is 4.66. The molecule has 1 atom stereocenters. The minimum atomic E-state index is 0.117. The predicted molar refractivity (Wildman–Crippen MR) is 146 cm³/mol. The number of ether oxygens (including phenoxy) is 2. The van der Waals surface area contributed by atoms with E-state index < -0.39 is 0 Å². The first kappa shape index (κ1) is 23.8. The van der Waals surface area contributed by atoms with Gasteiger partial charge in [-0.05, 0) is 71.8 Å². The molecule has 3 aromatic carbocycles. The SMILES string of the molecule is COc1cc2c(cc1OCc1ccccc1)CCNC2/C=C/c1ccc(-c2ccc(C)nc2)cc1C. The summed E-state index contributed by atoms with van der Waals surface area (Å²) in [5.41, 5.74) is 9.48. The van der Waals surface area contributed by atoms with Crippen LogP contribution in [-0.4, -0.2) is 18.6 Å². The van der Waals surface area contributed by atoms with Gasteiger partial charge < -0.3 is 14.8 Å². The van der Waals surface area contributed by atoms with Crippen molar-refractivity contribution in [1.29, 1.82) is 0 Å². The Bertz CT molecular complexity index is 1360. The molecule has 2 heterocycles. The van der Waals surface area contributed by atoms with E-state index in [0.29, 0.717) is 6.61 Å². The Hall–Kier alpha value is -3.89. The average molecular weight is 477 g/mol. The predicted octanol–water partition coefficient (Wildman–Crippen LogP) is 6.85. The topological polar surface area (TPSA) is 43.4 Å². The highest BCUT2D eigenvalue weighted by atomic mass is 16.5. The van der Waals surface area contributed by atoms with Crippen LogP contribution in [0.3, 0.4) is 0 Å². The molecule has 0 amide bonds. The van der Waals surface area contributed by atoms with E-state index in [1.165, 1.54) is 27.8 Å². The van der Waals surface area contributed by atoms with Crippen LogP contribution in [0.25, 0.3) is 17.2 Å². The molecule has 5 rings (SSSR count). The van der Waals surface area contributed by atoms with Gasteiger partial charge in [-0.1, -0.05) is 66.7 Å². The highest BCUT2D eigenvalue weighted by Crippen LogP contribution is 2.36. The van der Waals surface area contributed by atoms with E-state index in [1.807, 2.05) is 31.3 Å². The third kappa shape index (κ3) is 5.34. The molecule has 1 N–H and O–H groups in total. The maximum absolute atomic E-state index is 6.15. The fraction of sp³-hybridized carbons (Fsp3) is 0.219. The monoisotopic (exact) mass is 476 g/mol. The molecule has 0 saturated heterocycles. The molecule has 182 valence electrons. The van der Waals surface area contributed by atoms with E-state index in [4.69, 9.17) is 9.47 Å². The zero-order chi connectivity index (χ0) is 24.9. The minimum absolute atomic E-state index is 0.117. The molecule has 0 spiro atoms. The summed E-state index contributed by atoms with van der Waals surface area (Å²) in [6.45, 7) is 5.61. The number of methoxy groups -OCH3 is 1. The summed E-state index contributed by atoms with van der Waals surface area (Å²) < 4.78 is 11.9. The molecule has 1 aliphatic heterocycles. The molecule has 4 nitrogen and oxygen atoms in total. The van der Waals surface area contributed by atoms with Crippen molar-refractivity contribution in [3.8, 4) is 22.6 Å². The Balaban J connectivity index is 1.35. The summed E-state index contributed by atoms with van der Waals surface area (Å²) in [6.07, 6.45) is 7.36. The summed E-state index contributed by atoms with van der Waals surface area (Å²) >= 11 is 0. The molecule has 1 aromatic heterocycles. The Labute approximate surface area is 213 Å². The van der Waals surface area contributed by atoms with Crippen LogP contribution in [0.4, 0.5) is 0 Å². The van der Waals surface area contributed by atoms with Gasteiger partial charge in [-0.15, -0.1) is 0 Å². The van der Waals surface area contributed by atoms with Gasteiger partial charge >= 0.3 is 0 Å². The standard InChI is InChI=1S/C32H32N2O2/c1-22-17-26(28-10-9-23(2)34-20-28)12-11-25(22)13-14-30-29-19-31(35-3)32(18-27(29)15-16-33-30)36-21-24-7-5-4-6-8-24/h4-14,17-20,30,33H,15-16,21H2,1-3H3/b14-13+. The van der Waals surface area contributed by atoms with Crippen molar-refractivity contribution >= 4 is 6.08 Å². The van der Waals surface area contributed by atoms with Crippen molar-refractivity contribution in [3.05, 3.63) is 119 Å². The number of aromatic nitrogens is 1. The highest BCUT2D eigenvalue weighted by Gasteiger charge is 2.21. The summed E-state index contributed by atoms with van der Waals surface area (Å²) in [7, 11) is 1.70. The van der Waals surface area contributed by atoms with Crippen molar-refractivity contribution in [1.82, 2.24) is 10.3 Å². The summed E-state index contributed by atoms with van der Waals surface area (Å²) in [4.78, 5) is 4.43. The quantitative estimate of drug-likeness (QED) is 0.317. The third-order valence-electron chi connectivity index (χ3n) is 6.74. The first-order chi connectivity index (χ1) is 17.6. The third-order valence-corrected chi connectivity index (χ3v) is 6.74. The van der Waals surface area contributed by atoms with Gasteiger partial charge in [0, 0.05) is 24.0 Å². The van der Waals surface area contributed by atoms with E-state index in [0.717, 1.165) is 41.3 Å². The molecule has 4 heteroatoms. The normalized spacial score (nSPS) is 15.0. The second kappa shape index (κ2) is 10.8. The van der Waals surface area contributed by atoms with Gasteiger partial charge in [-0.2, -0.15) is 0 Å². The van der Waals surface area contributed by atoms with Gasteiger partial charge in [0.1, 0.15) is 6.61 Å². The van der Waals surface area contributed by atoms with Crippen LogP contribution in [0.2, 0.25) is 0 Å². The van der Waals surface area contributed by atoms with Crippen LogP contribution in [0, 0.1) is 13.8 Å². The van der Waals surface area contributed by atoms with Crippen LogP contribution >= 0.6 is 0 Å². The first-order valence-electron chi connectivity index (χ1n) is 12.4. The Morgan fingerprint density at radius 3 is 2.53 bits per heavy atom. The number of hydrogen-bond acceptors (Lipinski definition) is 4. The maximum Gasteiger partial charge on any atom is 0.161 e. The van der Waals surface area contributed by atoms with Crippen molar-refractivity contribution in [2.45, 2.75) is 32.9 Å². The van der Waals surface area contributed by atoms with E-state index in [9.17, 15) is 0 Å². The summed E-state index contributed by atoms with van der Waals surface area (Å²) in [5, 5.41) is 3.64. The van der Waals surface area contributed by atoms with E-state index >= 15 is 0 Å². The van der Waals surface area contributed by atoms with E-state index in [1.54, 1.807) is 7.11 Å². The molecule has 0 aliphatic carbocycles. The second-order valence-electron chi connectivity index (χ2n) is 9.28. The summed E-state index contributed by atoms with van der Waals surface area (Å²) in [6, 6.07) is 25.4. The van der Waals surface area contributed by atoms with Crippen molar-refractivity contribution in [2.75, 3.05) is 13.7 Å². The van der Waals surface area contributed by atoms with Crippen molar-refractivity contribution in [2.24, 2.45) is 0 Å². The van der Waals surface area contributed by atoms with Crippen LogP contribution in [0.5, 0.6) is 11.5 Å². The Morgan fingerprint density at radius 2 is 1.78 bits per heavy atom. The largest absolute Gasteiger partial charge is 0.493 e. The molecule has 1 aliphatic rings. The number of hydrogen-bond donors (Lipinski definition) is 1. The molecule has 1 unspecified atom stereocenters. The van der Waals surface area contributed by atoms with Gasteiger partial charge in [0.05, 0.1) is 13.2 Å². The second-order valence-corrected chi connectivity index (χ2v) is 9.28. The highest BCUT2D eigenvalue weighted by molar-refractivity contribution is 5.67. The van der Waals surface area contributed by atoms with Gasteiger partial charge in [0.15, 0.2) is 11.5 Å². The number of nitrogens with one attached hydrogen (secondary N) is 1. The number of nitrogens with zero attached hydrogens (tertiary/aromatic N) is 1. The number of pyridine rings is 1. The molecule has 0 bridgehead atoms. The van der Waals surface area contributed by atoms with Gasteiger partial charge in [-0.25, -0.2) is 0 Å².